The van der Waals surface area contributed by atoms with E-state index in [0.29, 0.717) is 12.8 Å². The van der Waals surface area contributed by atoms with Crippen molar-refractivity contribution in [2.24, 2.45) is 0 Å². The number of carbonyl (C=O) groups excluding carboxylic acids is 6. The largest absolute Gasteiger partial charge is 0.495 e. The van der Waals surface area contributed by atoms with Gasteiger partial charge >= 0.3 is 37.3 Å². The van der Waals surface area contributed by atoms with E-state index < -0.39 is 50.6 Å². The van der Waals surface area contributed by atoms with Crippen molar-refractivity contribution in [2.45, 2.75) is 19.3 Å². The van der Waals surface area contributed by atoms with Gasteiger partial charge in [-0.05, 0) is 12.8 Å². The van der Waals surface area contributed by atoms with Crippen LogP contribution >= 0.6 is 0 Å². The summed E-state index contributed by atoms with van der Waals surface area (Å²) in [5, 5.41) is 0. The highest BCUT2D eigenvalue weighted by Crippen LogP contribution is 1.94. The van der Waals surface area contributed by atoms with Crippen molar-refractivity contribution in [1.29, 1.82) is 0 Å². The third kappa shape index (κ3) is 47.6. The van der Waals surface area contributed by atoms with Gasteiger partial charge in [0, 0.05) is 6.42 Å². The molecule has 33 heavy (non-hydrogen) atoms. The van der Waals surface area contributed by atoms with Crippen LogP contribution in [0, 0.1) is 0 Å². The molecule has 0 atom stereocenters. The normalized spacial score (nSPS) is 8.91. The highest BCUT2D eigenvalue weighted by molar-refractivity contribution is 5.59. The number of carbonyl (C=O) groups is 6. The lowest BCUT2D eigenvalue weighted by Crippen LogP contribution is -2.07. The van der Waals surface area contributed by atoms with E-state index in [-0.39, 0.29) is 32.8 Å². The van der Waals surface area contributed by atoms with Crippen LogP contribution < -0.4 is 0 Å². The minimum absolute atomic E-state index is 0.0747. The molecule has 12 nitrogen and oxygen atoms in total. The van der Waals surface area contributed by atoms with Gasteiger partial charge in [-0.1, -0.05) is 0 Å². The van der Waals surface area contributed by atoms with Crippen molar-refractivity contribution in [3.05, 3.63) is 0 Å². The first-order chi connectivity index (χ1) is 15.4. The first-order valence-corrected chi connectivity index (χ1v) is 8.32. The van der Waals surface area contributed by atoms with Gasteiger partial charge in [0.2, 0.25) is 0 Å². The van der Waals surface area contributed by atoms with Crippen LogP contribution in [0.1, 0.15) is 19.3 Å². The number of hydrogen-bond donors (Lipinski definition) is 0. The predicted octanol–water partition coefficient (Wildman–Crippen LogP) is 4.77. The van der Waals surface area contributed by atoms with Gasteiger partial charge in [-0.2, -0.15) is 0 Å². The Morgan fingerprint density at radius 2 is 0.515 bits per heavy atom. The topological polar surface area (TPSA) is 158 Å². The first kappa shape index (κ1) is 34.0. The van der Waals surface area contributed by atoms with E-state index in [0.717, 1.165) is 0 Å². The van der Waals surface area contributed by atoms with E-state index in [1.165, 1.54) is 0 Å². The Hall–Kier alpha value is -3.60. The van der Waals surface area contributed by atoms with Crippen LogP contribution in [0.3, 0.4) is 0 Å². The van der Waals surface area contributed by atoms with E-state index >= 15 is 0 Å². The van der Waals surface area contributed by atoms with Crippen molar-refractivity contribution in [1.82, 2.24) is 0 Å². The molecule has 0 aliphatic rings. The fourth-order valence-electron chi connectivity index (χ4n) is 1.12. The van der Waals surface area contributed by atoms with Crippen LogP contribution in [-0.2, 0) is 28.4 Å². The van der Waals surface area contributed by atoms with E-state index in [2.05, 4.69) is 28.4 Å². The zero-order chi connectivity index (χ0) is 26.1. The van der Waals surface area contributed by atoms with Gasteiger partial charge in [0.15, 0.2) is 0 Å². The van der Waals surface area contributed by atoms with Crippen molar-refractivity contribution in [2.75, 3.05) is 39.6 Å². The molecule has 0 unspecified atom stereocenters. The van der Waals surface area contributed by atoms with Gasteiger partial charge in [-0.15, -0.1) is 26.3 Å². The number of ether oxygens (including phenoxy) is 6. The summed E-state index contributed by atoms with van der Waals surface area (Å²) < 4.78 is 90.1. The highest BCUT2D eigenvalue weighted by Gasteiger charge is 2.01. The van der Waals surface area contributed by atoms with Crippen LogP contribution in [0.4, 0.5) is 55.1 Å². The molecule has 0 radical (unpaired) electrons. The predicted molar refractivity (Wildman–Crippen MR) is 88.6 cm³/mol. The molecule has 192 valence electrons. The van der Waals surface area contributed by atoms with Crippen molar-refractivity contribution in [3.63, 3.8) is 0 Å². The van der Waals surface area contributed by atoms with Gasteiger partial charge in [0.25, 0.3) is 0 Å². The second-order valence-electron chi connectivity index (χ2n) is 4.58. The molecule has 0 saturated heterocycles. The van der Waals surface area contributed by atoms with Gasteiger partial charge in [-0.25, -0.2) is 28.8 Å². The summed E-state index contributed by atoms with van der Waals surface area (Å²) in [4.78, 5) is 56.8. The molecular weight excluding hydrogens is 486 g/mol. The Morgan fingerprint density at radius 1 is 0.333 bits per heavy atom. The maximum Gasteiger partial charge on any atom is 0.495 e. The minimum Gasteiger partial charge on any atom is -0.440 e. The molecule has 0 aliphatic heterocycles. The fourth-order valence-corrected chi connectivity index (χ4v) is 1.12. The Kier molecular flexibility index (Phi) is 25.4. The molecule has 0 bridgehead atoms. The number of hydrogen-bond acceptors (Lipinski definition) is 12. The second kappa shape index (κ2) is 24.7. The molecular formula is C15H18F6O12. The molecule has 0 fully saturated rings. The summed E-state index contributed by atoms with van der Waals surface area (Å²) >= 11 is 0. The van der Waals surface area contributed by atoms with Crippen LogP contribution in [0.15, 0.2) is 0 Å². The van der Waals surface area contributed by atoms with E-state index in [1.807, 2.05) is 0 Å². The summed E-state index contributed by atoms with van der Waals surface area (Å²) in [5.74, 6) is 0. The molecule has 0 rings (SSSR count). The molecule has 0 aromatic rings. The average Bonchev–Trinajstić information content (AvgIpc) is 2.67. The molecule has 0 N–H and O–H groups in total. The first-order valence-electron chi connectivity index (χ1n) is 8.32. The van der Waals surface area contributed by atoms with E-state index in [1.54, 1.807) is 0 Å². The quantitative estimate of drug-likeness (QED) is 0.155. The molecule has 18 heteroatoms. The van der Waals surface area contributed by atoms with Gasteiger partial charge in [0.05, 0.1) is 26.4 Å². The maximum absolute atomic E-state index is 11.3. The summed E-state index contributed by atoms with van der Waals surface area (Å²) in [7, 11) is 0. The Morgan fingerprint density at radius 3 is 0.727 bits per heavy atom. The fraction of sp³-hybridized carbons (Fsp3) is 0.600. The third-order valence-electron chi connectivity index (χ3n) is 2.20. The Bertz CT molecular complexity index is 554. The Balaban J connectivity index is -0.000000411. The zero-order valence-electron chi connectivity index (χ0n) is 16.5. The van der Waals surface area contributed by atoms with Gasteiger partial charge in [0.1, 0.15) is 13.2 Å². The summed E-state index contributed by atoms with van der Waals surface area (Å²) in [6.45, 7) is -1.63. The summed E-state index contributed by atoms with van der Waals surface area (Å²) in [5.41, 5.74) is 0. The summed E-state index contributed by atoms with van der Waals surface area (Å²) in [6.07, 6.45) is -10.8. The zero-order valence-corrected chi connectivity index (χ0v) is 16.5. The molecule has 0 saturated carbocycles. The average molecular weight is 504 g/mol. The number of unbranched alkanes of at least 4 members (excludes halogenated alkanes) is 1. The highest BCUT2D eigenvalue weighted by atomic mass is 19.2. The monoisotopic (exact) mass is 504 g/mol. The van der Waals surface area contributed by atoms with Crippen molar-refractivity contribution < 1.29 is 83.5 Å². The summed E-state index contributed by atoms with van der Waals surface area (Å²) in [6, 6.07) is 0. The van der Waals surface area contributed by atoms with E-state index in [9.17, 15) is 55.1 Å². The maximum atomic E-state index is 11.3. The van der Waals surface area contributed by atoms with Gasteiger partial charge in [-0.3, -0.25) is 0 Å². The van der Waals surface area contributed by atoms with Crippen LogP contribution in [0.5, 0.6) is 0 Å². The molecule has 0 amide bonds. The van der Waals surface area contributed by atoms with Crippen molar-refractivity contribution in [3.8, 4) is 0 Å². The third-order valence-corrected chi connectivity index (χ3v) is 2.20. The second-order valence-corrected chi connectivity index (χ2v) is 4.58. The minimum atomic E-state index is -1.99. The molecule has 0 heterocycles. The standard InChI is InChI=1S/C6H8F2O4.C5H6F2O4.C4H4F2O4/c7-5(9)11-3-1-2-4-12-6(8)10;6-4(8)10-2-1-3-11-5(7)9;5-3(7)9-1-2-10-4(6)8/h1-4H2;1-3H2;1-2H2. The lowest BCUT2D eigenvalue weighted by atomic mass is 10.3. The molecule has 0 aromatic carbocycles. The lowest BCUT2D eigenvalue weighted by Gasteiger charge is -1.99. The van der Waals surface area contributed by atoms with E-state index in [4.69, 9.17) is 0 Å². The SMILES string of the molecule is O=C(F)OCCCCOC(=O)F.O=C(F)OCCCOC(=O)F.O=C(F)OCCOC(=O)F. The number of halogens is 6. The van der Waals surface area contributed by atoms with Crippen molar-refractivity contribution >= 4 is 37.3 Å². The Labute approximate surface area is 181 Å². The van der Waals surface area contributed by atoms with Crippen LogP contribution in [0.2, 0.25) is 0 Å². The van der Waals surface area contributed by atoms with Gasteiger partial charge < -0.3 is 28.4 Å². The lowest BCUT2D eigenvalue weighted by molar-refractivity contribution is 0.0724. The molecule has 0 spiro atoms. The number of rotatable bonds is 12. The van der Waals surface area contributed by atoms with Crippen LogP contribution in [0.25, 0.3) is 0 Å². The van der Waals surface area contributed by atoms with Crippen LogP contribution in [-0.4, -0.2) is 77.0 Å². The smallest absolute Gasteiger partial charge is 0.440 e. The molecule has 0 aliphatic carbocycles. The molecule has 0 aromatic heterocycles.